The molecule has 2 fully saturated rings. The van der Waals surface area contributed by atoms with Gasteiger partial charge in [0.15, 0.2) is 5.66 Å². The zero-order valence-corrected chi connectivity index (χ0v) is 12.2. The summed E-state index contributed by atoms with van der Waals surface area (Å²) in [5, 5.41) is 9.07. The molecule has 1 atom stereocenters. The first-order valence-corrected chi connectivity index (χ1v) is 6.64. The number of urea groups is 2. The number of hydrogen-bond donors (Lipinski definition) is 2. The summed E-state index contributed by atoms with van der Waals surface area (Å²) in [6.07, 6.45) is 0. The minimum absolute atomic E-state index is 0.314. The molecule has 2 aliphatic heterocycles. The number of amides is 4. The van der Waals surface area contributed by atoms with Crippen LogP contribution >= 0.6 is 11.6 Å². The Morgan fingerprint density at radius 3 is 2.20 bits per heavy atom. The molecule has 106 valence electrons. The third-order valence-corrected chi connectivity index (χ3v) is 4.32. The lowest BCUT2D eigenvalue weighted by Crippen LogP contribution is -2.60. The van der Waals surface area contributed by atoms with Crippen molar-refractivity contribution >= 4 is 29.4 Å². The van der Waals surface area contributed by atoms with Gasteiger partial charge >= 0.3 is 12.1 Å². The number of fused-ring (bicyclic) bond motifs is 1. The van der Waals surface area contributed by atoms with Crippen LogP contribution in [0.5, 0.6) is 0 Å². The molecular formula is C13H15ClN4O2. The van der Waals surface area contributed by atoms with Gasteiger partial charge in [-0.1, -0.05) is 11.6 Å². The van der Waals surface area contributed by atoms with Crippen molar-refractivity contribution in [2.75, 3.05) is 5.01 Å². The first-order valence-electron chi connectivity index (χ1n) is 6.26. The zero-order chi connectivity index (χ0) is 14.7. The van der Waals surface area contributed by atoms with Gasteiger partial charge in [0.2, 0.25) is 0 Å². The molecule has 0 bridgehead atoms. The predicted octanol–water partition coefficient (Wildman–Crippen LogP) is 2.30. The quantitative estimate of drug-likeness (QED) is 0.835. The molecule has 2 heterocycles. The van der Waals surface area contributed by atoms with Crippen LogP contribution in [0.1, 0.15) is 20.8 Å². The van der Waals surface area contributed by atoms with E-state index in [-0.39, 0.29) is 12.1 Å². The van der Waals surface area contributed by atoms with Crippen LogP contribution in [0.4, 0.5) is 15.3 Å². The Kier molecular flexibility index (Phi) is 2.47. The number of benzene rings is 1. The third kappa shape index (κ3) is 1.51. The van der Waals surface area contributed by atoms with Gasteiger partial charge in [0.05, 0.1) is 11.2 Å². The lowest BCUT2D eigenvalue weighted by atomic mass is 9.91. The number of anilines is 1. The number of hydrogen-bond acceptors (Lipinski definition) is 2. The van der Waals surface area contributed by atoms with Gasteiger partial charge in [-0.3, -0.25) is 0 Å². The van der Waals surface area contributed by atoms with E-state index in [4.69, 9.17) is 11.6 Å². The van der Waals surface area contributed by atoms with Crippen molar-refractivity contribution in [1.82, 2.24) is 15.6 Å². The monoisotopic (exact) mass is 294 g/mol. The van der Waals surface area contributed by atoms with E-state index < -0.39 is 11.2 Å². The normalized spacial score (nSPS) is 27.4. The van der Waals surface area contributed by atoms with Crippen LogP contribution < -0.4 is 15.6 Å². The van der Waals surface area contributed by atoms with Crippen LogP contribution in [0.15, 0.2) is 24.3 Å². The van der Waals surface area contributed by atoms with Crippen molar-refractivity contribution in [3.8, 4) is 0 Å². The Morgan fingerprint density at radius 2 is 1.60 bits per heavy atom. The molecule has 0 radical (unpaired) electrons. The van der Waals surface area contributed by atoms with Gasteiger partial charge in [-0.05, 0) is 45.0 Å². The molecule has 0 saturated carbocycles. The molecule has 1 unspecified atom stereocenters. The Balaban J connectivity index is 2.08. The standard InChI is InChI=1S/C13H15ClN4O2/c1-12(2)13(3)16-10(19)17(18(13)11(20)15-12)9-6-4-8(14)5-7-9/h4-7H,1-3H3,(H,15,20)(H,16,19). The lowest BCUT2D eigenvalue weighted by Gasteiger charge is -2.36. The van der Waals surface area contributed by atoms with Crippen LogP contribution in [0, 0.1) is 0 Å². The lowest BCUT2D eigenvalue weighted by molar-refractivity contribution is 0.138. The maximum Gasteiger partial charge on any atom is 0.343 e. The summed E-state index contributed by atoms with van der Waals surface area (Å²) in [7, 11) is 0. The van der Waals surface area contributed by atoms with Crippen molar-refractivity contribution in [2.24, 2.45) is 0 Å². The first-order chi connectivity index (χ1) is 9.26. The van der Waals surface area contributed by atoms with Crippen molar-refractivity contribution in [3.05, 3.63) is 29.3 Å². The molecule has 6 nitrogen and oxygen atoms in total. The summed E-state index contributed by atoms with van der Waals surface area (Å²) in [4.78, 5) is 24.5. The van der Waals surface area contributed by atoms with Gasteiger partial charge in [-0.15, -0.1) is 0 Å². The minimum atomic E-state index is -0.819. The Labute approximate surface area is 121 Å². The van der Waals surface area contributed by atoms with Crippen LogP contribution in [0.2, 0.25) is 5.02 Å². The topological polar surface area (TPSA) is 64.7 Å². The number of carbonyl (C=O) groups is 2. The largest absolute Gasteiger partial charge is 0.343 e. The predicted molar refractivity (Wildman–Crippen MR) is 75.3 cm³/mol. The zero-order valence-electron chi connectivity index (χ0n) is 11.4. The van der Waals surface area contributed by atoms with Gasteiger partial charge in [0.1, 0.15) is 0 Å². The number of halogens is 1. The highest BCUT2D eigenvalue weighted by atomic mass is 35.5. The number of nitrogens with zero attached hydrogens (tertiary/aromatic N) is 2. The molecule has 0 aliphatic carbocycles. The van der Waals surface area contributed by atoms with E-state index in [9.17, 15) is 9.59 Å². The van der Waals surface area contributed by atoms with Crippen LogP contribution in [-0.4, -0.2) is 28.3 Å². The van der Waals surface area contributed by atoms with Crippen LogP contribution in [-0.2, 0) is 0 Å². The molecule has 2 N–H and O–H groups in total. The molecule has 2 saturated heterocycles. The van der Waals surface area contributed by atoms with Crippen molar-refractivity contribution in [1.29, 1.82) is 0 Å². The molecule has 20 heavy (non-hydrogen) atoms. The summed E-state index contributed by atoms with van der Waals surface area (Å²) in [6, 6.07) is 6.11. The summed E-state index contributed by atoms with van der Waals surface area (Å²) in [6.45, 7) is 5.56. The second kappa shape index (κ2) is 3.79. The number of rotatable bonds is 1. The average Bonchev–Trinajstić information content (AvgIpc) is 2.70. The van der Waals surface area contributed by atoms with E-state index >= 15 is 0 Å². The van der Waals surface area contributed by atoms with Gasteiger partial charge in [-0.25, -0.2) is 9.59 Å². The molecule has 4 amide bonds. The first kappa shape index (κ1) is 13.1. The van der Waals surface area contributed by atoms with E-state index in [0.29, 0.717) is 10.7 Å². The molecular weight excluding hydrogens is 280 g/mol. The molecule has 7 heteroatoms. The van der Waals surface area contributed by atoms with Crippen molar-refractivity contribution < 1.29 is 9.59 Å². The van der Waals surface area contributed by atoms with Crippen LogP contribution in [0.3, 0.4) is 0 Å². The van der Waals surface area contributed by atoms with E-state index in [1.165, 1.54) is 10.0 Å². The SMILES string of the molecule is CC1(C)NC(=O)N2N(c3ccc(Cl)cc3)C(=O)NC21C. The number of nitrogens with one attached hydrogen (secondary N) is 2. The summed E-state index contributed by atoms with van der Waals surface area (Å²) < 4.78 is 0. The number of hydrazine groups is 1. The van der Waals surface area contributed by atoms with Gasteiger partial charge in [0.25, 0.3) is 0 Å². The molecule has 0 spiro atoms. The second-order valence-electron chi connectivity index (χ2n) is 5.66. The Bertz CT molecular complexity index is 601. The second-order valence-corrected chi connectivity index (χ2v) is 6.09. The van der Waals surface area contributed by atoms with Crippen molar-refractivity contribution in [2.45, 2.75) is 32.0 Å². The van der Waals surface area contributed by atoms with Gasteiger partial charge < -0.3 is 10.6 Å². The molecule has 1 aromatic rings. The van der Waals surface area contributed by atoms with E-state index in [1.54, 1.807) is 24.3 Å². The van der Waals surface area contributed by atoms with Gasteiger partial charge in [0, 0.05) is 5.02 Å². The van der Waals surface area contributed by atoms with E-state index in [2.05, 4.69) is 10.6 Å². The highest BCUT2D eigenvalue weighted by molar-refractivity contribution is 6.30. The van der Waals surface area contributed by atoms with Gasteiger partial charge in [-0.2, -0.15) is 10.0 Å². The molecule has 3 rings (SSSR count). The Hall–Kier alpha value is -1.95. The van der Waals surface area contributed by atoms with E-state index in [1.807, 2.05) is 20.8 Å². The maximum atomic E-state index is 12.3. The molecule has 2 aliphatic rings. The van der Waals surface area contributed by atoms with Crippen molar-refractivity contribution in [3.63, 3.8) is 0 Å². The Morgan fingerprint density at radius 1 is 1.00 bits per heavy atom. The summed E-state index contributed by atoms with van der Waals surface area (Å²) in [5.74, 6) is 0. The fourth-order valence-corrected chi connectivity index (χ4v) is 2.70. The number of carbonyl (C=O) groups excluding carboxylic acids is 2. The van der Waals surface area contributed by atoms with Crippen LogP contribution in [0.25, 0.3) is 0 Å². The summed E-state index contributed by atoms with van der Waals surface area (Å²) >= 11 is 5.86. The molecule has 1 aromatic carbocycles. The summed E-state index contributed by atoms with van der Waals surface area (Å²) in [5.41, 5.74) is -0.815. The minimum Gasteiger partial charge on any atom is -0.327 e. The fourth-order valence-electron chi connectivity index (χ4n) is 2.58. The van der Waals surface area contributed by atoms with E-state index in [0.717, 1.165) is 0 Å². The maximum absolute atomic E-state index is 12.3. The smallest absolute Gasteiger partial charge is 0.327 e. The average molecular weight is 295 g/mol. The highest BCUT2D eigenvalue weighted by Gasteiger charge is 2.63. The fraction of sp³-hybridized carbons (Fsp3) is 0.385. The highest BCUT2D eigenvalue weighted by Crippen LogP contribution is 2.39. The third-order valence-electron chi connectivity index (χ3n) is 4.07. The molecule has 0 aromatic heterocycles.